The third-order valence-electron chi connectivity index (χ3n) is 4.67. The van der Waals surface area contributed by atoms with E-state index in [0.29, 0.717) is 33.9 Å². The average Bonchev–Trinajstić information content (AvgIpc) is 3.23. The molecule has 31 heavy (non-hydrogen) atoms. The molecular weight excluding hydrogens is 396 g/mol. The molecule has 0 spiro atoms. The van der Waals surface area contributed by atoms with Gasteiger partial charge in [-0.2, -0.15) is 0 Å². The summed E-state index contributed by atoms with van der Waals surface area (Å²) in [4.78, 5) is 36.8. The Bertz CT molecular complexity index is 1240. The Hall–Kier alpha value is -4.20. The van der Waals surface area contributed by atoms with Crippen LogP contribution < -0.4 is 10.1 Å². The van der Waals surface area contributed by atoms with Gasteiger partial charge in [-0.3, -0.25) is 9.78 Å². The van der Waals surface area contributed by atoms with Crippen molar-refractivity contribution in [3.05, 3.63) is 72.6 Å². The van der Waals surface area contributed by atoms with Crippen LogP contribution in [0.15, 0.2) is 67.0 Å². The third kappa shape index (κ3) is 4.37. The van der Waals surface area contributed by atoms with Gasteiger partial charge in [0.2, 0.25) is 0 Å². The molecule has 0 aliphatic rings. The molecule has 1 amide bonds. The summed E-state index contributed by atoms with van der Waals surface area (Å²) in [5.41, 5.74) is 3.03. The predicted octanol–water partition coefficient (Wildman–Crippen LogP) is 3.82. The molecule has 0 aliphatic heterocycles. The zero-order valence-electron chi connectivity index (χ0n) is 17.0. The number of H-pyrrole nitrogens is 1. The molecule has 1 unspecified atom stereocenters. The van der Waals surface area contributed by atoms with Gasteiger partial charge in [-0.1, -0.05) is 12.1 Å². The first-order chi connectivity index (χ1) is 15.0. The summed E-state index contributed by atoms with van der Waals surface area (Å²) in [6, 6.07) is 15.7. The minimum atomic E-state index is -0.999. The van der Waals surface area contributed by atoms with Crippen molar-refractivity contribution in [2.45, 2.75) is 13.0 Å². The van der Waals surface area contributed by atoms with Crippen molar-refractivity contribution >= 4 is 28.6 Å². The van der Waals surface area contributed by atoms with Gasteiger partial charge in [-0.15, -0.1) is 0 Å². The first-order valence-corrected chi connectivity index (χ1v) is 9.60. The molecule has 4 aromatic rings. The molecule has 0 fully saturated rings. The Morgan fingerprint density at radius 3 is 2.71 bits per heavy atom. The van der Waals surface area contributed by atoms with E-state index in [-0.39, 0.29) is 0 Å². The smallest absolute Gasteiger partial charge is 0.338 e. The predicted molar refractivity (Wildman–Crippen MR) is 116 cm³/mol. The Balaban J connectivity index is 1.46. The number of amides is 1. The van der Waals surface area contributed by atoms with Gasteiger partial charge in [0.15, 0.2) is 6.10 Å². The van der Waals surface area contributed by atoms with Crippen LogP contribution in [0.1, 0.15) is 17.3 Å². The number of carbonyl (C=O) groups is 2. The molecule has 1 atom stereocenters. The van der Waals surface area contributed by atoms with Crippen molar-refractivity contribution < 1.29 is 19.1 Å². The van der Waals surface area contributed by atoms with Gasteiger partial charge in [0.1, 0.15) is 11.6 Å². The SMILES string of the molecule is COc1ccccc1NC(=O)C(C)OC(=O)c1ccc2nc(-c3cccnc3)[nH]c2c1. The van der Waals surface area contributed by atoms with Gasteiger partial charge in [-0.25, -0.2) is 9.78 Å². The lowest BCUT2D eigenvalue weighted by Crippen LogP contribution is -2.30. The summed E-state index contributed by atoms with van der Waals surface area (Å²) in [7, 11) is 1.51. The highest BCUT2D eigenvalue weighted by atomic mass is 16.5. The molecule has 2 N–H and O–H groups in total. The Labute approximate surface area is 178 Å². The number of aromatic nitrogens is 3. The Morgan fingerprint density at radius 1 is 1.10 bits per heavy atom. The van der Waals surface area contributed by atoms with Crippen LogP contribution in [0.3, 0.4) is 0 Å². The molecule has 8 heteroatoms. The highest BCUT2D eigenvalue weighted by Gasteiger charge is 2.20. The molecule has 2 aromatic carbocycles. The molecule has 4 rings (SSSR count). The maximum Gasteiger partial charge on any atom is 0.338 e. The van der Waals surface area contributed by atoms with Gasteiger partial charge in [0, 0.05) is 18.0 Å². The average molecular weight is 416 g/mol. The van der Waals surface area contributed by atoms with Gasteiger partial charge in [0.25, 0.3) is 5.91 Å². The van der Waals surface area contributed by atoms with Crippen LogP contribution in [-0.4, -0.2) is 40.0 Å². The molecule has 0 bridgehead atoms. The lowest BCUT2D eigenvalue weighted by molar-refractivity contribution is -0.123. The van der Waals surface area contributed by atoms with Crippen LogP contribution in [0.25, 0.3) is 22.4 Å². The quantitative estimate of drug-likeness (QED) is 0.463. The lowest BCUT2D eigenvalue weighted by atomic mass is 10.2. The summed E-state index contributed by atoms with van der Waals surface area (Å²) in [6.45, 7) is 1.51. The number of esters is 1. The number of para-hydroxylation sites is 2. The molecule has 2 heterocycles. The zero-order valence-corrected chi connectivity index (χ0v) is 17.0. The summed E-state index contributed by atoms with van der Waals surface area (Å²) < 4.78 is 10.6. The van der Waals surface area contributed by atoms with Crippen molar-refractivity contribution in [1.29, 1.82) is 0 Å². The number of imidazole rings is 1. The van der Waals surface area contributed by atoms with Crippen LogP contribution in [0.5, 0.6) is 5.75 Å². The number of ether oxygens (including phenoxy) is 2. The van der Waals surface area contributed by atoms with Gasteiger partial charge >= 0.3 is 5.97 Å². The molecular formula is C23H20N4O4. The highest BCUT2D eigenvalue weighted by Crippen LogP contribution is 2.24. The first-order valence-electron chi connectivity index (χ1n) is 9.60. The van der Waals surface area contributed by atoms with E-state index < -0.39 is 18.0 Å². The van der Waals surface area contributed by atoms with E-state index in [1.54, 1.807) is 54.9 Å². The van der Waals surface area contributed by atoms with E-state index in [1.807, 2.05) is 12.1 Å². The fourth-order valence-electron chi connectivity index (χ4n) is 3.04. The van der Waals surface area contributed by atoms with Crippen molar-refractivity contribution in [1.82, 2.24) is 15.0 Å². The molecule has 156 valence electrons. The number of hydrogen-bond acceptors (Lipinski definition) is 6. The maximum absolute atomic E-state index is 12.6. The number of carbonyl (C=O) groups excluding carboxylic acids is 2. The van der Waals surface area contributed by atoms with Crippen molar-refractivity contribution in [2.75, 3.05) is 12.4 Å². The maximum atomic E-state index is 12.6. The molecule has 0 radical (unpaired) electrons. The molecule has 0 aliphatic carbocycles. The number of aromatic amines is 1. The zero-order chi connectivity index (χ0) is 21.8. The number of pyridine rings is 1. The Morgan fingerprint density at radius 2 is 1.94 bits per heavy atom. The fraction of sp³-hybridized carbons (Fsp3) is 0.130. The molecule has 0 saturated heterocycles. The van der Waals surface area contributed by atoms with Crippen LogP contribution in [0.2, 0.25) is 0 Å². The topological polar surface area (TPSA) is 106 Å². The number of benzene rings is 2. The Kier molecular flexibility index (Phi) is 5.61. The van der Waals surface area contributed by atoms with Crippen molar-refractivity contribution in [2.24, 2.45) is 0 Å². The highest BCUT2D eigenvalue weighted by molar-refractivity contribution is 5.99. The minimum absolute atomic E-state index is 0.311. The third-order valence-corrected chi connectivity index (χ3v) is 4.67. The van der Waals surface area contributed by atoms with Crippen molar-refractivity contribution in [3.63, 3.8) is 0 Å². The van der Waals surface area contributed by atoms with Crippen LogP contribution in [-0.2, 0) is 9.53 Å². The summed E-state index contributed by atoms with van der Waals surface area (Å²) in [6.07, 6.45) is 2.39. The molecule has 2 aromatic heterocycles. The summed E-state index contributed by atoms with van der Waals surface area (Å²) in [5.74, 6) is 0.100. The van der Waals surface area contributed by atoms with Gasteiger partial charge in [0.05, 0.1) is 29.4 Å². The van der Waals surface area contributed by atoms with Crippen molar-refractivity contribution in [3.8, 4) is 17.1 Å². The van der Waals surface area contributed by atoms with E-state index in [4.69, 9.17) is 9.47 Å². The number of methoxy groups -OCH3 is 1. The van der Waals surface area contributed by atoms with Crippen LogP contribution in [0, 0.1) is 0 Å². The van der Waals surface area contributed by atoms with Gasteiger partial charge < -0.3 is 19.8 Å². The second-order valence-electron chi connectivity index (χ2n) is 6.80. The van der Waals surface area contributed by atoms with Crippen LogP contribution in [0.4, 0.5) is 5.69 Å². The number of rotatable bonds is 6. The van der Waals surface area contributed by atoms with E-state index >= 15 is 0 Å². The summed E-state index contributed by atoms with van der Waals surface area (Å²) >= 11 is 0. The number of hydrogen-bond donors (Lipinski definition) is 2. The van der Waals surface area contributed by atoms with Gasteiger partial charge in [-0.05, 0) is 49.4 Å². The largest absolute Gasteiger partial charge is 0.495 e. The number of nitrogens with zero attached hydrogens (tertiary/aromatic N) is 2. The summed E-state index contributed by atoms with van der Waals surface area (Å²) in [5, 5.41) is 2.71. The molecule has 8 nitrogen and oxygen atoms in total. The minimum Gasteiger partial charge on any atom is -0.495 e. The van der Waals surface area contributed by atoms with E-state index in [2.05, 4.69) is 20.3 Å². The monoisotopic (exact) mass is 416 g/mol. The van der Waals surface area contributed by atoms with E-state index in [1.165, 1.54) is 14.0 Å². The van der Waals surface area contributed by atoms with E-state index in [9.17, 15) is 9.59 Å². The molecule has 0 saturated carbocycles. The second-order valence-corrected chi connectivity index (χ2v) is 6.80. The fourth-order valence-corrected chi connectivity index (χ4v) is 3.04. The standard InChI is InChI=1S/C23H20N4O4/c1-14(22(28)27-18-7-3-4-8-20(18)30-2)31-23(29)15-9-10-17-19(12-15)26-21(25-17)16-6-5-11-24-13-16/h3-14H,1-2H3,(H,25,26)(H,27,28). The van der Waals surface area contributed by atoms with Crippen LogP contribution >= 0.6 is 0 Å². The lowest BCUT2D eigenvalue weighted by Gasteiger charge is -2.15. The number of fused-ring (bicyclic) bond motifs is 1. The second kappa shape index (κ2) is 8.66. The normalized spacial score (nSPS) is 11.7. The number of nitrogens with one attached hydrogen (secondary N) is 2. The van der Waals surface area contributed by atoms with E-state index in [0.717, 1.165) is 5.56 Å². The number of anilines is 1. The first kappa shape index (κ1) is 20.1.